The number of esters is 1. The van der Waals surface area contributed by atoms with Crippen LogP contribution in [0.15, 0.2) is 17.5 Å². The minimum atomic E-state index is -0.415. The van der Waals surface area contributed by atoms with Crippen molar-refractivity contribution in [3.63, 3.8) is 0 Å². The second-order valence-corrected chi connectivity index (χ2v) is 6.25. The number of amides is 1. The first-order valence-corrected chi connectivity index (χ1v) is 7.42. The standard InChI is InChI=1S/C14H19NO3S/c1-10-6-11(2)8-15(7-10)13(16)9-18-14(17)12-4-3-5-19-12/h3-5,10-11H,6-9H2,1-2H3. The van der Waals surface area contributed by atoms with Crippen LogP contribution in [-0.2, 0) is 9.53 Å². The van der Waals surface area contributed by atoms with Gasteiger partial charge in [-0.1, -0.05) is 19.9 Å². The Balaban J connectivity index is 1.82. The summed E-state index contributed by atoms with van der Waals surface area (Å²) in [6, 6.07) is 3.49. The Morgan fingerprint density at radius 1 is 1.37 bits per heavy atom. The predicted molar refractivity (Wildman–Crippen MR) is 74.1 cm³/mol. The molecule has 0 saturated carbocycles. The molecule has 4 nitrogen and oxygen atoms in total. The molecule has 0 bridgehead atoms. The van der Waals surface area contributed by atoms with Crippen LogP contribution in [0, 0.1) is 11.8 Å². The van der Waals surface area contributed by atoms with Gasteiger partial charge in [0, 0.05) is 13.1 Å². The van der Waals surface area contributed by atoms with Crippen LogP contribution in [0.2, 0.25) is 0 Å². The number of hydrogen-bond acceptors (Lipinski definition) is 4. The van der Waals surface area contributed by atoms with E-state index in [0.717, 1.165) is 19.5 Å². The predicted octanol–water partition coefficient (Wildman–Crippen LogP) is 2.41. The van der Waals surface area contributed by atoms with E-state index >= 15 is 0 Å². The number of nitrogens with zero attached hydrogens (tertiary/aromatic N) is 1. The van der Waals surface area contributed by atoms with Gasteiger partial charge in [0.1, 0.15) is 4.88 Å². The van der Waals surface area contributed by atoms with Gasteiger partial charge in [0.25, 0.3) is 5.91 Å². The Hall–Kier alpha value is -1.36. The van der Waals surface area contributed by atoms with Crippen molar-refractivity contribution in [3.8, 4) is 0 Å². The molecule has 0 aliphatic carbocycles. The molecule has 2 heterocycles. The van der Waals surface area contributed by atoms with E-state index in [2.05, 4.69) is 13.8 Å². The Bertz CT molecular complexity index is 434. The molecule has 1 aromatic heterocycles. The van der Waals surface area contributed by atoms with E-state index in [1.54, 1.807) is 17.0 Å². The van der Waals surface area contributed by atoms with Crippen LogP contribution >= 0.6 is 11.3 Å². The highest BCUT2D eigenvalue weighted by Crippen LogP contribution is 2.21. The summed E-state index contributed by atoms with van der Waals surface area (Å²) < 4.78 is 5.05. The van der Waals surface area contributed by atoms with Gasteiger partial charge in [-0.2, -0.15) is 0 Å². The average Bonchev–Trinajstić information content (AvgIpc) is 2.88. The SMILES string of the molecule is CC1CC(C)CN(C(=O)COC(=O)c2cccs2)C1. The van der Waals surface area contributed by atoms with E-state index in [1.165, 1.54) is 11.3 Å². The molecule has 1 aromatic rings. The maximum absolute atomic E-state index is 12.0. The molecule has 2 atom stereocenters. The molecule has 1 saturated heterocycles. The molecule has 19 heavy (non-hydrogen) atoms. The molecule has 0 aromatic carbocycles. The molecule has 0 spiro atoms. The third-order valence-electron chi connectivity index (χ3n) is 3.27. The fourth-order valence-electron chi connectivity index (χ4n) is 2.55. The van der Waals surface area contributed by atoms with Crippen molar-refractivity contribution in [2.75, 3.05) is 19.7 Å². The Labute approximate surface area is 117 Å². The number of likely N-dealkylation sites (tertiary alicyclic amines) is 1. The number of carbonyl (C=O) groups is 2. The van der Waals surface area contributed by atoms with Crippen LogP contribution in [0.25, 0.3) is 0 Å². The van der Waals surface area contributed by atoms with E-state index < -0.39 is 5.97 Å². The van der Waals surface area contributed by atoms with E-state index in [9.17, 15) is 9.59 Å². The maximum atomic E-state index is 12.0. The van der Waals surface area contributed by atoms with Gasteiger partial charge in [0.2, 0.25) is 0 Å². The van der Waals surface area contributed by atoms with E-state index in [1.807, 2.05) is 5.38 Å². The minimum Gasteiger partial charge on any atom is -0.451 e. The second-order valence-electron chi connectivity index (χ2n) is 5.30. The number of rotatable bonds is 3. The summed E-state index contributed by atoms with van der Waals surface area (Å²) >= 11 is 1.32. The topological polar surface area (TPSA) is 46.6 Å². The van der Waals surface area contributed by atoms with Crippen molar-refractivity contribution in [3.05, 3.63) is 22.4 Å². The lowest BCUT2D eigenvalue weighted by atomic mass is 9.92. The molecule has 0 N–H and O–H groups in total. The number of piperidine rings is 1. The molecule has 1 fully saturated rings. The summed E-state index contributed by atoms with van der Waals surface area (Å²) in [4.78, 5) is 26.0. The zero-order valence-corrected chi connectivity index (χ0v) is 12.1. The maximum Gasteiger partial charge on any atom is 0.348 e. The molecule has 2 rings (SSSR count). The molecule has 0 radical (unpaired) electrons. The third kappa shape index (κ3) is 3.80. The van der Waals surface area contributed by atoms with Crippen LogP contribution in [0.4, 0.5) is 0 Å². The lowest BCUT2D eigenvalue weighted by Crippen LogP contribution is -2.44. The van der Waals surface area contributed by atoms with E-state index in [4.69, 9.17) is 4.74 Å². The lowest BCUT2D eigenvalue weighted by Gasteiger charge is -2.34. The summed E-state index contributed by atoms with van der Waals surface area (Å²) in [7, 11) is 0. The van der Waals surface area contributed by atoms with Crippen molar-refractivity contribution in [1.82, 2.24) is 4.90 Å². The van der Waals surface area contributed by atoms with Crippen molar-refractivity contribution in [1.29, 1.82) is 0 Å². The second kappa shape index (κ2) is 6.19. The first-order valence-electron chi connectivity index (χ1n) is 6.54. The summed E-state index contributed by atoms with van der Waals surface area (Å²) in [6.07, 6.45) is 1.15. The van der Waals surface area contributed by atoms with Gasteiger partial charge >= 0.3 is 5.97 Å². The highest BCUT2D eigenvalue weighted by molar-refractivity contribution is 7.11. The van der Waals surface area contributed by atoms with Crippen LogP contribution in [0.5, 0.6) is 0 Å². The molecule has 2 unspecified atom stereocenters. The van der Waals surface area contributed by atoms with Gasteiger partial charge in [-0.05, 0) is 29.7 Å². The summed E-state index contributed by atoms with van der Waals surface area (Å²) in [5, 5.41) is 1.81. The third-order valence-corrected chi connectivity index (χ3v) is 4.12. The summed E-state index contributed by atoms with van der Waals surface area (Å²) in [5.74, 6) is 0.520. The van der Waals surface area contributed by atoms with Gasteiger partial charge in [-0.3, -0.25) is 4.79 Å². The van der Waals surface area contributed by atoms with E-state index in [-0.39, 0.29) is 12.5 Å². The fraction of sp³-hybridized carbons (Fsp3) is 0.571. The number of hydrogen-bond donors (Lipinski definition) is 0. The average molecular weight is 281 g/mol. The highest BCUT2D eigenvalue weighted by Gasteiger charge is 2.26. The first kappa shape index (κ1) is 14.1. The summed E-state index contributed by atoms with van der Waals surface area (Å²) in [5.41, 5.74) is 0. The molecular formula is C14H19NO3S. The Morgan fingerprint density at radius 3 is 2.63 bits per heavy atom. The Kier molecular flexibility index (Phi) is 4.58. The number of ether oxygens (including phenoxy) is 1. The first-order chi connectivity index (χ1) is 9.06. The van der Waals surface area contributed by atoms with Crippen molar-refractivity contribution >= 4 is 23.2 Å². The van der Waals surface area contributed by atoms with Gasteiger partial charge in [-0.15, -0.1) is 11.3 Å². The molecule has 1 aliphatic heterocycles. The van der Waals surface area contributed by atoms with Crippen molar-refractivity contribution in [2.24, 2.45) is 11.8 Å². The van der Waals surface area contributed by atoms with Crippen molar-refractivity contribution in [2.45, 2.75) is 20.3 Å². The number of carbonyl (C=O) groups excluding carboxylic acids is 2. The molecular weight excluding hydrogens is 262 g/mol. The minimum absolute atomic E-state index is 0.0942. The number of thiophene rings is 1. The Morgan fingerprint density at radius 2 is 2.05 bits per heavy atom. The molecule has 5 heteroatoms. The molecule has 1 aliphatic rings. The fourth-order valence-corrected chi connectivity index (χ4v) is 3.17. The molecule has 1 amide bonds. The van der Waals surface area contributed by atoms with Crippen LogP contribution in [-0.4, -0.2) is 36.5 Å². The monoisotopic (exact) mass is 281 g/mol. The van der Waals surface area contributed by atoms with Crippen LogP contribution < -0.4 is 0 Å². The van der Waals surface area contributed by atoms with Crippen LogP contribution in [0.1, 0.15) is 29.9 Å². The zero-order chi connectivity index (χ0) is 13.8. The molecule has 104 valence electrons. The van der Waals surface area contributed by atoms with Gasteiger partial charge in [0.05, 0.1) is 0 Å². The normalized spacial score (nSPS) is 23.2. The van der Waals surface area contributed by atoms with Gasteiger partial charge in [-0.25, -0.2) is 4.79 Å². The largest absolute Gasteiger partial charge is 0.451 e. The summed E-state index contributed by atoms with van der Waals surface area (Å²) in [6.45, 7) is 5.66. The highest BCUT2D eigenvalue weighted by atomic mass is 32.1. The van der Waals surface area contributed by atoms with Crippen molar-refractivity contribution < 1.29 is 14.3 Å². The van der Waals surface area contributed by atoms with E-state index in [0.29, 0.717) is 16.7 Å². The van der Waals surface area contributed by atoms with Gasteiger partial charge < -0.3 is 9.64 Å². The lowest BCUT2D eigenvalue weighted by molar-refractivity contribution is -0.137. The van der Waals surface area contributed by atoms with Crippen LogP contribution in [0.3, 0.4) is 0 Å². The van der Waals surface area contributed by atoms with Gasteiger partial charge in [0.15, 0.2) is 6.61 Å². The zero-order valence-electron chi connectivity index (χ0n) is 11.3. The quantitative estimate of drug-likeness (QED) is 0.799. The smallest absolute Gasteiger partial charge is 0.348 e.